The Balaban J connectivity index is 1.91. The van der Waals surface area contributed by atoms with Gasteiger partial charge in [-0.15, -0.1) is 0 Å². The normalized spacial score (nSPS) is 55.5. The molecule has 2 aliphatic heterocycles. The van der Waals surface area contributed by atoms with E-state index in [9.17, 15) is 14.7 Å². The highest BCUT2D eigenvalue weighted by Crippen LogP contribution is 2.87. The Morgan fingerprint density at radius 3 is 2.13 bits per heavy atom. The van der Waals surface area contributed by atoms with Gasteiger partial charge in [-0.2, -0.15) is 0 Å². The number of likely N-dealkylation sites (tertiary alicyclic amines) is 1. The number of aliphatic hydroxyl groups is 1. The second kappa shape index (κ2) is 9.32. The fourth-order valence-electron chi connectivity index (χ4n) is 11.8. The summed E-state index contributed by atoms with van der Waals surface area (Å²) in [5, 5.41) is 13.5. The van der Waals surface area contributed by atoms with E-state index in [4.69, 9.17) is 14.2 Å². The highest BCUT2D eigenvalue weighted by molar-refractivity contribution is 5.72. The number of nitrogens with zero attached hydrogens (tertiary/aromatic N) is 1. The van der Waals surface area contributed by atoms with Gasteiger partial charge in [0.15, 0.2) is 11.5 Å². The van der Waals surface area contributed by atoms with Crippen molar-refractivity contribution in [2.24, 2.45) is 45.8 Å². The van der Waals surface area contributed by atoms with Crippen LogP contribution in [0, 0.1) is 59.6 Å². The van der Waals surface area contributed by atoms with E-state index >= 15 is 0 Å². The molecule has 2 spiro atoms. The Bertz CT molecular complexity index is 1870. The first-order chi connectivity index (χ1) is 24.1. The van der Waals surface area contributed by atoms with Crippen LogP contribution in [0.3, 0.4) is 0 Å². The molecule has 4 bridgehead atoms. The first-order valence-electron chi connectivity index (χ1n) is 21.6. The molecule has 4 unspecified atom stereocenters. The molecule has 11 atom stereocenters. The van der Waals surface area contributed by atoms with Crippen LogP contribution in [-0.2, 0) is 15.6 Å². The van der Waals surface area contributed by atoms with Gasteiger partial charge >= 0.3 is 0 Å². The van der Waals surface area contributed by atoms with Gasteiger partial charge in [-0.05, 0) is 105 Å². The fourth-order valence-corrected chi connectivity index (χ4v) is 11.8. The lowest BCUT2D eigenvalue weighted by Crippen LogP contribution is -2.94. The molecule has 0 radical (unpaired) electrons. The Kier molecular flexibility index (Phi) is 5.26. The number of ether oxygens (including phenoxy) is 3. The summed E-state index contributed by atoms with van der Waals surface area (Å²) < 4.78 is 98.6. The van der Waals surface area contributed by atoms with Gasteiger partial charge in [0.1, 0.15) is 11.7 Å². The molecule has 8 rings (SSSR count). The summed E-state index contributed by atoms with van der Waals surface area (Å²) in [5.74, 6) is -6.47. The molecule has 0 amide bonds. The molecule has 7 aliphatic rings. The molecule has 5 nitrogen and oxygen atoms in total. The van der Waals surface area contributed by atoms with Crippen molar-refractivity contribution in [3.63, 3.8) is 0 Å². The molecule has 0 aromatic heterocycles. The van der Waals surface area contributed by atoms with Gasteiger partial charge < -0.3 is 19.3 Å². The maximum atomic E-state index is 13.5. The van der Waals surface area contributed by atoms with Crippen molar-refractivity contribution in [3.8, 4) is 11.5 Å². The number of hydrogen-bond acceptors (Lipinski definition) is 5. The zero-order valence-corrected chi connectivity index (χ0v) is 32.4. The summed E-state index contributed by atoms with van der Waals surface area (Å²) in [4.78, 5) is 2.14. The summed E-state index contributed by atoms with van der Waals surface area (Å²) in [6.45, 7) is 28.7. The molecule has 2 heterocycles. The van der Waals surface area contributed by atoms with Crippen molar-refractivity contribution >= 4 is 0 Å². The molecule has 5 fully saturated rings. The summed E-state index contributed by atoms with van der Waals surface area (Å²) in [6, 6.07) is -2.11. The lowest BCUT2D eigenvalue weighted by molar-refractivity contribution is -0.392. The highest BCUT2D eigenvalue weighted by Gasteiger charge is 2.92. The van der Waals surface area contributed by atoms with Gasteiger partial charge in [0.2, 0.25) is 0 Å². The second-order valence-corrected chi connectivity index (χ2v) is 18.5. The Morgan fingerprint density at radius 2 is 1.62 bits per heavy atom. The molecule has 5 aliphatic carbocycles. The number of fused-ring (bicyclic) bond motifs is 2. The largest absolute Gasteiger partial charge is 0.493 e. The van der Waals surface area contributed by atoms with Crippen LogP contribution in [0.4, 0.5) is 0 Å². The Labute approximate surface area is 296 Å². The van der Waals surface area contributed by atoms with E-state index in [1.165, 1.54) is 27.9 Å². The van der Waals surface area contributed by atoms with Gasteiger partial charge in [-0.25, -0.2) is 0 Å². The summed E-state index contributed by atoms with van der Waals surface area (Å²) in [7, 11) is 2.84. The van der Waals surface area contributed by atoms with Crippen LogP contribution in [0.2, 0.25) is 0 Å². The zero-order valence-electron chi connectivity index (χ0n) is 39.4. The van der Waals surface area contributed by atoms with Gasteiger partial charge in [-0.3, -0.25) is 4.90 Å². The van der Waals surface area contributed by atoms with E-state index in [1.807, 2.05) is 62.3 Å². The average Bonchev–Trinajstić information content (AvgIpc) is 3.67. The van der Waals surface area contributed by atoms with Gasteiger partial charge in [0.25, 0.3) is 0 Å². The molecule has 4 saturated carbocycles. The predicted molar refractivity (Wildman–Crippen MR) is 191 cm³/mol. The molecule has 1 aromatic rings. The van der Waals surface area contributed by atoms with E-state index in [-0.39, 0.29) is 11.7 Å². The minimum absolute atomic E-state index is 0.207. The number of hydrogen-bond donors (Lipinski definition) is 1. The van der Waals surface area contributed by atoms with E-state index < -0.39 is 80.0 Å². The van der Waals surface area contributed by atoms with Crippen LogP contribution < -0.4 is 9.47 Å². The quantitative estimate of drug-likeness (QED) is 0.319. The molecular weight excluding hydrogens is 582 g/mol. The topological polar surface area (TPSA) is 51.2 Å². The van der Waals surface area contributed by atoms with Crippen molar-refractivity contribution < 1.29 is 28.9 Å². The number of methoxy groups -OCH3 is 2. The predicted octanol–water partition coefficient (Wildman–Crippen LogP) is 8.61. The van der Waals surface area contributed by atoms with Gasteiger partial charge in [-0.1, -0.05) is 69.2 Å². The first kappa shape index (κ1) is 26.5. The van der Waals surface area contributed by atoms with E-state index in [0.717, 1.165) is 23.1 Å². The minimum Gasteiger partial charge on any atom is -0.493 e. The van der Waals surface area contributed by atoms with E-state index in [0.29, 0.717) is 30.2 Å². The maximum absolute atomic E-state index is 13.5. The smallest absolute Gasteiger partial charge is 0.166 e. The summed E-state index contributed by atoms with van der Waals surface area (Å²) in [6.07, 6.45) is -4.07. The number of piperidine rings is 1. The van der Waals surface area contributed by atoms with Crippen LogP contribution in [0.5, 0.6) is 11.5 Å². The lowest BCUT2D eigenvalue weighted by atomic mass is 9.22. The number of benzene rings is 1. The third-order valence-electron chi connectivity index (χ3n) is 15.8. The molecule has 1 aromatic carbocycles. The monoisotopic (exact) mass is 657 g/mol. The Morgan fingerprint density at radius 1 is 1.02 bits per heavy atom. The van der Waals surface area contributed by atoms with Crippen molar-refractivity contribution in [2.45, 2.75) is 163 Å². The first-order valence-corrected chi connectivity index (χ1v) is 18.1. The maximum Gasteiger partial charge on any atom is 0.166 e. The van der Waals surface area contributed by atoms with Crippen molar-refractivity contribution in [3.05, 3.63) is 22.3 Å². The van der Waals surface area contributed by atoms with Gasteiger partial charge in [0.05, 0.1) is 19.5 Å². The second-order valence-electron chi connectivity index (χ2n) is 18.5. The van der Waals surface area contributed by atoms with Crippen LogP contribution in [-0.4, -0.2) is 59.6 Å². The van der Waals surface area contributed by atoms with E-state index in [2.05, 4.69) is 25.7 Å². The van der Waals surface area contributed by atoms with Crippen molar-refractivity contribution in [1.29, 1.82) is 0 Å². The molecule has 5 heteroatoms. The van der Waals surface area contributed by atoms with Crippen molar-refractivity contribution in [1.82, 2.24) is 4.90 Å². The fraction of sp³-hybridized carbons (Fsp3) is 0.857. The number of rotatable bonds is 7. The molecule has 264 valence electrons. The molecule has 47 heavy (non-hydrogen) atoms. The minimum atomic E-state index is -2.82. The van der Waals surface area contributed by atoms with Crippen LogP contribution in [0.1, 0.15) is 141 Å². The third-order valence-corrected chi connectivity index (χ3v) is 15.8. The lowest BCUT2D eigenvalue weighted by Gasteiger charge is -2.86. The SMILES string of the molecule is [2H]C1([2H])C([2H])(C)[C@@]2(OC)[C@]3([2H])Oc4c(OC)c(C)c(C)c5c4[C@@]34C(C)(C)C(C)(C)N(CC3CC3C)[C@]([2H])(C5(C)C)C14[C@]([2H])(C)[C@]2([2H])[C@](C)(O)C(C)(C)CC. The molecule has 1 saturated heterocycles. The van der Waals surface area contributed by atoms with Crippen LogP contribution >= 0.6 is 0 Å². The average molecular weight is 657 g/mol. The highest BCUT2D eigenvalue weighted by atomic mass is 16.6. The summed E-state index contributed by atoms with van der Waals surface area (Å²) >= 11 is 0. The summed E-state index contributed by atoms with van der Waals surface area (Å²) in [5.41, 5.74) is -10.9. The van der Waals surface area contributed by atoms with E-state index in [1.54, 1.807) is 7.11 Å². The zero-order chi connectivity index (χ0) is 41.4. The third kappa shape index (κ3) is 3.20. The Hall–Kier alpha value is -1.30. The van der Waals surface area contributed by atoms with Crippen LogP contribution in [0.15, 0.2) is 0 Å². The molecule has 1 N–H and O–H groups in total. The van der Waals surface area contributed by atoms with Crippen LogP contribution in [0.25, 0.3) is 0 Å². The standard InChI is InChI=1S/C42H67NO4/c1-18-35(7,8)39(15,44)32-26(6)40-20-23(3)41(32,46-17)34-42(40)29-28(24(4)25(5)30(45-16)31(29)47-34)36(9,10)33(40)43(21-27-19-22(27)2)38(13,14)37(42,11)12/h22-23,26-27,32-34,44H,18-21H2,1-17H3/t22?,23?,26-,27?,32-,33-,34+,39+,40?,41+,42+/m1/s1/i20D2,23D,26D,32D,33D,34D. The van der Waals surface area contributed by atoms with Crippen molar-refractivity contribution in [2.75, 3.05) is 20.8 Å². The van der Waals surface area contributed by atoms with Gasteiger partial charge in [0, 0.05) is 55.7 Å². The molecular formula is C42H67NO4.